The van der Waals surface area contributed by atoms with E-state index < -0.39 is 17.8 Å². The summed E-state index contributed by atoms with van der Waals surface area (Å²) in [5.74, 6) is -0.624. The molecule has 1 atom stereocenters. The highest BCUT2D eigenvalue weighted by Crippen LogP contribution is 2.20. The molecule has 2 aromatic carbocycles. The summed E-state index contributed by atoms with van der Waals surface area (Å²) >= 11 is 5.95. The van der Waals surface area contributed by atoms with Gasteiger partial charge in [-0.1, -0.05) is 48.7 Å². The Kier molecular flexibility index (Phi) is 7.69. The van der Waals surface area contributed by atoms with Crippen LogP contribution < -0.4 is 10.1 Å². The second-order valence-corrected chi connectivity index (χ2v) is 7.96. The van der Waals surface area contributed by atoms with Gasteiger partial charge in [0.15, 0.2) is 6.61 Å². The van der Waals surface area contributed by atoms with Crippen molar-refractivity contribution >= 4 is 23.4 Å². The minimum atomic E-state index is -0.763. The van der Waals surface area contributed by atoms with E-state index in [1.54, 1.807) is 49.4 Å². The zero-order valence-corrected chi connectivity index (χ0v) is 17.7. The summed E-state index contributed by atoms with van der Waals surface area (Å²) in [6.07, 6.45) is 4.06. The van der Waals surface area contributed by atoms with Gasteiger partial charge in [-0.2, -0.15) is 0 Å². The molecule has 0 heterocycles. The lowest BCUT2D eigenvalue weighted by Gasteiger charge is -2.29. The smallest absolute Gasteiger partial charge is 0.261 e. The Morgan fingerprint density at radius 3 is 2.63 bits per heavy atom. The number of nitrogens with one attached hydrogen (secondary N) is 1. The van der Waals surface area contributed by atoms with Gasteiger partial charge in [-0.25, -0.2) is 4.39 Å². The Labute approximate surface area is 181 Å². The number of amides is 2. The molecule has 1 fully saturated rings. The maximum Gasteiger partial charge on any atom is 0.261 e. The van der Waals surface area contributed by atoms with Crippen molar-refractivity contribution in [1.29, 1.82) is 0 Å². The summed E-state index contributed by atoms with van der Waals surface area (Å²) in [7, 11) is 0. The van der Waals surface area contributed by atoms with Gasteiger partial charge in [0.1, 0.15) is 17.6 Å². The van der Waals surface area contributed by atoms with Gasteiger partial charge < -0.3 is 15.0 Å². The number of hydrogen-bond donors (Lipinski definition) is 1. The van der Waals surface area contributed by atoms with Gasteiger partial charge in [-0.05, 0) is 44.0 Å². The summed E-state index contributed by atoms with van der Waals surface area (Å²) in [6, 6.07) is 12.3. The number of carbonyl (C=O) groups is 2. The van der Waals surface area contributed by atoms with Crippen molar-refractivity contribution in [2.24, 2.45) is 0 Å². The van der Waals surface area contributed by atoms with Gasteiger partial charge in [0, 0.05) is 23.2 Å². The lowest BCUT2D eigenvalue weighted by atomic mass is 10.1. The molecular formula is C23H26ClFN2O3. The molecule has 1 N–H and O–H groups in total. The number of nitrogens with zero attached hydrogens (tertiary/aromatic N) is 1. The monoisotopic (exact) mass is 432 g/mol. The first-order chi connectivity index (χ1) is 14.4. The maximum atomic E-state index is 14.2. The van der Waals surface area contributed by atoms with Crippen molar-refractivity contribution in [2.45, 2.75) is 51.2 Å². The van der Waals surface area contributed by atoms with Crippen LogP contribution in [0.3, 0.4) is 0 Å². The van der Waals surface area contributed by atoms with Crippen LogP contribution >= 0.6 is 11.6 Å². The zero-order chi connectivity index (χ0) is 21.5. The highest BCUT2D eigenvalue weighted by atomic mass is 35.5. The minimum absolute atomic E-state index is 0.0241. The van der Waals surface area contributed by atoms with E-state index in [2.05, 4.69) is 5.32 Å². The van der Waals surface area contributed by atoms with E-state index >= 15 is 0 Å². The van der Waals surface area contributed by atoms with Crippen LogP contribution in [0.1, 0.15) is 38.2 Å². The second-order valence-electron chi connectivity index (χ2n) is 7.53. The molecule has 3 rings (SSSR count). The molecule has 7 heteroatoms. The van der Waals surface area contributed by atoms with Crippen LogP contribution in [0.4, 0.5) is 4.39 Å². The summed E-state index contributed by atoms with van der Waals surface area (Å²) < 4.78 is 19.8. The van der Waals surface area contributed by atoms with Crippen LogP contribution in [0.25, 0.3) is 0 Å². The van der Waals surface area contributed by atoms with Crippen LogP contribution in [-0.2, 0) is 16.1 Å². The highest BCUT2D eigenvalue weighted by Gasteiger charge is 2.29. The molecule has 1 aliphatic rings. The fourth-order valence-corrected chi connectivity index (χ4v) is 3.75. The Morgan fingerprint density at radius 2 is 1.93 bits per heavy atom. The van der Waals surface area contributed by atoms with E-state index in [1.807, 2.05) is 0 Å². The van der Waals surface area contributed by atoms with E-state index in [1.165, 1.54) is 11.0 Å². The number of halogens is 2. The fraction of sp³-hybridized carbons (Fsp3) is 0.391. The fourth-order valence-electron chi connectivity index (χ4n) is 3.57. The van der Waals surface area contributed by atoms with Gasteiger partial charge in [0.05, 0.1) is 0 Å². The van der Waals surface area contributed by atoms with Crippen molar-refractivity contribution in [2.75, 3.05) is 6.61 Å². The number of hydrogen-bond acceptors (Lipinski definition) is 3. The van der Waals surface area contributed by atoms with E-state index in [-0.39, 0.29) is 25.1 Å². The Morgan fingerprint density at radius 1 is 1.20 bits per heavy atom. The second kappa shape index (κ2) is 10.4. The summed E-state index contributed by atoms with van der Waals surface area (Å²) in [4.78, 5) is 27.1. The summed E-state index contributed by atoms with van der Waals surface area (Å²) in [5, 5.41) is 3.50. The normalized spacial score (nSPS) is 14.9. The molecule has 0 saturated heterocycles. The molecule has 2 aromatic rings. The first-order valence-corrected chi connectivity index (χ1v) is 10.5. The average molecular weight is 433 g/mol. The van der Waals surface area contributed by atoms with Gasteiger partial charge >= 0.3 is 0 Å². The van der Waals surface area contributed by atoms with Crippen LogP contribution in [0.5, 0.6) is 5.75 Å². The van der Waals surface area contributed by atoms with E-state index in [4.69, 9.17) is 16.3 Å². The first-order valence-electron chi connectivity index (χ1n) is 10.2. The molecule has 160 valence electrons. The van der Waals surface area contributed by atoms with Crippen molar-refractivity contribution < 1.29 is 18.7 Å². The van der Waals surface area contributed by atoms with Crippen molar-refractivity contribution in [3.63, 3.8) is 0 Å². The highest BCUT2D eigenvalue weighted by molar-refractivity contribution is 6.30. The van der Waals surface area contributed by atoms with Gasteiger partial charge in [-0.15, -0.1) is 0 Å². The molecule has 2 amide bonds. The molecule has 0 unspecified atom stereocenters. The molecule has 5 nitrogen and oxygen atoms in total. The van der Waals surface area contributed by atoms with Gasteiger partial charge in [0.2, 0.25) is 5.91 Å². The zero-order valence-electron chi connectivity index (χ0n) is 16.9. The van der Waals surface area contributed by atoms with Gasteiger partial charge in [-0.3, -0.25) is 9.59 Å². The van der Waals surface area contributed by atoms with Crippen molar-refractivity contribution in [3.8, 4) is 5.75 Å². The quantitative estimate of drug-likeness (QED) is 0.675. The van der Waals surface area contributed by atoms with Crippen LogP contribution in [0.2, 0.25) is 5.02 Å². The summed E-state index contributed by atoms with van der Waals surface area (Å²) in [6.45, 7) is 1.35. The van der Waals surface area contributed by atoms with Crippen LogP contribution in [0.15, 0.2) is 48.5 Å². The van der Waals surface area contributed by atoms with Gasteiger partial charge in [0.25, 0.3) is 5.91 Å². The minimum Gasteiger partial charge on any atom is -0.484 e. The molecule has 1 saturated carbocycles. The van der Waals surface area contributed by atoms with E-state index in [9.17, 15) is 14.0 Å². The molecule has 30 heavy (non-hydrogen) atoms. The third-order valence-electron chi connectivity index (χ3n) is 5.33. The third-order valence-corrected chi connectivity index (χ3v) is 5.56. The van der Waals surface area contributed by atoms with Crippen LogP contribution in [-0.4, -0.2) is 35.4 Å². The topological polar surface area (TPSA) is 58.6 Å². The Bertz CT molecular complexity index is 886. The Balaban J connectivity index is 1.72. The number of carbonyl (C=O) groups excluding carboxylic acids is 2. The molecule has 0 aliphatic heterocycles. The predicted molar refractivity (Wildman–Crippen MR) is 114 cm³/mol. The largest absolute Gasteiger partial charge is 0.484 e. The third kappa shape index (κ3) is 5.95. The molecule has 0 spiro atoms. The molecule has 0 aromatic heterocycles. The first kappa shape index (κ1) is 22.1. The molecule has 1 aliphatic carbocycles. The molecule has 0 radical (unpaired) electrons. The molecule has 0 bridgehead atoms. The Hall–Kier alpha value is -2.60. The predicted octanol–water partition coefficient (Wildman–Crippen LogP) is 4.33. The van der Waals surface area contributed by atoms with Crippen molar-refractivity contribution in [3.05, 3.63) is 64.9 Å². The van der Waals surface area contributed by atoms with Crippen LogP contribution in [0, 0.1) is 5.82 Å². The standard InChI is InChI=1S/C23H26ClFN2O3/c1-16(23(29)26-19-9-3-4-10-19)27(14-17-7-2-5-12-21(17)25)22(28)15-30-20-11-6-8-18(24)13-20/h2,5-8,11-13,16,19H,3-4,9-10,14-15H2,1H3,(H,26,29)/t16-/m1/s1. The average Bonchev–Trinajstić information content (AvgIpc) is 3.24. The maximum absolute atomic E-state index is 14.2. The number of benzene rings is 2. The van der Waals surface area contributed by atoms with Crippen molar-refractivity contribution in [1.82, 2.24) is 10.2 Å². The lowest BCUT2D eigenvalue weighted by Crippen LogP contribution is -2.50. The SMILES string of the molecule is C[C@H](C(=O)NC1CCCC1)N(Cc1ccccc1F)C(=O)COc1cccc(Cl)c1. The molecular weight excluding hydrogens is 407 g/mol. The summed E-state index contributed by atoms with van der Waals surface area (Å²) in [5.41, 5.74) is 0.342. The van der Waals surface area contributed by atoms with E-state index in [0.29, 0.717) is 16.3 Å². The number of rotatable bonds is 8. The number of ether oxygens (including phenoxy) is 1. The lowest BCUT2D eigenvalue weighted by molar-refractivity contribution is -0.142. The van der Waals surface area contributed by atoms with E-state index in [0.717, 1.165) is 25.7 Å².